The summed E-state index contributed by atoms with van der Waals surface area (Å²) in [7, 11) is -4.21. The highest BCUT2D eigenvalue weighted by molar-refractivity contribution is 7.52. The summed E-state index contributed by atoms with van der Waals surface area (Å²) < 4.78 is 16.7. The molecule has 0 bridgehead atoms. The molecule has 0 spiro atoms. The van der Waals surface area contributed by atoms with Crippen molar-refractivity contribution < 1.29 is 19.1 Å². The van der Waals surface area contributed by atoms with Crippen molar-refractivity contribution in [1.29, 1.82) is 0 Å². The molecule has 0 saturated carbocycles. The molecular formula is C12H19O4P. The minimum atomic E-state index is -4.21. The molecule has 5 heteroatoms. The van der Waals surface area contributed by atoms with Gasteiger partial charge in [0.05, 0.1) is 0 Å². The third-order valence-corrected chi connectivity index (χ3v) is 3.62. The smallest absolute Gasteiger partial charge is 0.365 e. The predicted molar refractivity (Wildman–Crippen MR) is 67.3 cm³/mol. The lowest BCUT2D eigenvalue weighted by molar-refractivity contribution is 0.212. The molecule has 1 aromatic carbocycles. The van der Waals surface area contributed by atoms with Crippen molar-refractivity contribution in [3.8, 4) is 5.75 Å². The molecule has 0 amide bonds. The second-order valence-electron chi connectivity index (χ2n) is 4.22. The van der Waals surface area contributed by atoms with Gasteiger partial charge in [0, 0.05) is 0 Å². The predicted octanol–water partition coefficient (Wildman–Crippen LogP) is 2.99. The molecule has 0 aromatic heterocycles. The SMILES string of the molecule is CCCC(Oc1ccc(C)cc1C)P(=O)(O)O. The van der Waals surface area contributed by atoms with Gasteiger partial charge in [-0.1, -0.05) is 31.0 Å². The summed E-state index contributed by atoms with van der Waals surface area (Å²) in [6.45, 7) is 5.70. The largest absolute Gasteiger partial charge is 0.478 e. The normalized spacial score (nSPS) is 13.5. The van der Waals surface area contributed by atoms with E-state index in [9.17, 15) is 14.4 Å². The lowest BCUT2D eigenvalue weighted by Crippen LogP contribution is -2.17. The van der Waals surface area contributed by atoms with Gasteiger partial charge in [-0.3, -0.25) is 4.57 Å². The highest BCUT2D eigenvalue weighted by Gasteiger charge is 2.30. The zero-order chi connectivity index (χ0) is 13.1. The number of ether oxygens (including phenoxy) is 1. The van der Waals surface area contributed by atoms with Crippen LogP contribution >= 0.6 is 7.60 Å². The van der Waals surface area contributed by atoms with Gasteiger partial charge in [0.1, 0.15) is 5.75 Å². The molecule has 4 nitrogen and oxygen atoms in total. The van der Waals surface area contributed by atoms with Crippen molar-refractivity contribution >= 4 is 7.60 Å². The average molecular weight is 258 g/mol. The van der Waals surface area contributed by atoms with Crippen LogP contribution in [-0.4, -0.2) is 15.6 Å². The third-order valence-electron chi connectivity index (χ3n) is 2.50. The van der Waals surface area contributed by atoms with Crippen LogP contribution in [0, 0.1) is 13.8 Å². The fraction of sp³-hybridized carbons (Fsp3) is 0.500. The summed E-state index contributed by atoms with van der Waals surface area (Å²) >= 11 is 0. The zero-order valence-corrected chi connectivity index (χ0v) is 11.3. The Bertz CT molecular complexity index is 425. The van der Waals surface area contributed by atoms with E-state index < -0.39 is 13.4 Å². The van der Waals surface area contributed by atoms with Gasteiger partial charge in [0.2, 0.25) is 0 Å². The van der Waals surface area contributed by atoms with Crippen molar-refractivity contribution in [2.45, 2.75) is 39.5 Å². The van der Waals surface area contributed by atoms with Gasteiger partial charge in [0.25, 0.3) is 0 Å². The van der Waals surface area contributed by atoms with E-state index in [1.165, 1.54) is 0 Å². The number of rotatable bonds is 5. The Morgan fingerprint density at radius 2 is 2.00 bits per heavy atom. The number of hydrogen-bond donors (Lipinski definition) is 2. The van der Waals surface area contributed by atoms with E-state index in [4.69, 9.17) is 4.74 Å². The summed E-state index contributed by atoms with van der Waals surface area (Å²) in [5.74, 6) is -0.508. The Morgan fingerprint density at radius 3 is 2.47 bits per heavy atom. The molecule has 96 valence electrons. The summed E-state index contributed by atoms with van der Waals surface area (Å²) in [4.78, 5) is 18.4. The molecule has 1 aromatic rings. The summed E-state index contributed by atoms with van der Waals surface area (Å²) in [6, 6.07) is 5.55. The van der Waals surface area contributed by atoms with Crippen LogP contribution in [0.25, 0.3) is 0 Å². The first-order chi connectivity index (χ1) is 7.84. The maximum absolute atomic E-state index is 11.3. The second-order valence-corrected chi connectivity index (χ2v) is 5.97. The Hall–Kier alpha value is -0.830. The fourth-order valence-corrected chi connectivity index (χ4v) is 2.47. The average Bonchev–Trinajstić information content (AvgIpc) is 2.19. The molecule has 0 heterocycles. The molecule has 0 aliphatic rings. The molecule has 2 N–H and O–H groups in total. The maximum atomic E-state index is 11.3. The molecule has 17 heavy (non-hydrogen) atoms. The minimum Gasteiger partial charge on any atom is -0.478 e. The van der Waals surface area contributed by atoms with Gasteiger partial charge >= 0.3 is 7.60 Å². The van der Waals surface area contributed by atoms with Crippen LogP contribution in [0.4, 0.5) is 0 Å². The molecule has 0 radical (unpaired) electrons. The van der Waals surface area contributed by atoms with E-state index in [2.05, 4.69) is 0 Å². The van der Waals surface area contributed by atoms with Gasteiger partial charge in [0.15, 0.2) is 5.85 Å². The molecule has 1 atom stereocenters. The lowest BCUT2D eigenvalue weighted by atomic mass is 10.1. The van der Waals surface area contributed by atoms with Crippen LogP contribution < -0.4 is 4.74 Å². The van der Waals surface area contributed by atoms with Gasteiger partial charge < -0.3 is 14.5 Å². The Labute approximate surface area is 102 Å². The maximum Gasteiger partial charge on any atom is 0.365 e. The van der Waals surface area contributed by atoms with Crippen LogP contribution in [0.1, 0.15) is 30.9 Å². The molecular weight excluding hydrogens is 239 g/mol. The summed E-state index contributed by atoms with van der Waals surface area (Å²) in [6.07, 6.45) is 1.01. The molecule has 0 saturated heterocycles. The number of hydrogen-bond acceptors (Lipinski definition) is 2. The van der Waals surface area contributed by atoms with Crippen LogP contribution in [-0.2, 0) is 4.57 Å². The van der Waals surface area contributed by atoms with Gasteiger partial charge in [-0.05, 0) is 31.9 Å². The third kappa shape index (κ3) is 4.15. The summed E-state index contributed by atoms with van der Waals surface area (Å²) in [5.41, 5.74) is 1.98. The molecule has 0 aliphatic carbocycles. The van der Waals surface area contributed by atoms with Gasteiger partial charge in [-0.25, -0.2) is 0 Å². The highest BCUT2D eigenvalue weighted by Crippen LogP contribution is 2.44. The zero-order valence-electron chi connectivity index (χ0n) is 10.4. The molecule has 1 unspecified atom stereocenters. The fourth-order valence-electron chi connectivity index (χ4n) is 1.62. The summed E-state index contributed by atoms with van der Waals surface area (Å²) in [5, 5.41) is 0. The number of benzene rings is 1. The van der Waals surface area contributed by atoms with E-state index in [0.29, 0.717) is 18.6 Å². The minimum absolute atomic E-state index is 0.345. The molecule has 0 fully saturated rings. The van der Waals surface area contributed by atoms with E-state index >= 15 is 0 Å². The van der Waals surface area contributed by atoms with E-state index in [1.807, 2.05) is 32.9 Å². The van der Waals surface area contributed by atoms with Gasteiger partial charge in [-0.15, -0.1) is 0 Å². The van der Waals surface area contributed by atoms with Crippen molar-refractivity contribution in [2.75, 3.05) is 0 Å². The van der Waals surface area contributed by atoms with Crippen molar-refractivity contribution in [3.05, 3.63) is 29.3 Å². The molecule has 0 aliphatic heterocycles. The quantitative estimate of drug-likeness (QED) is 0.797. The van der Waals surface area contributed by atoms with Crippen molar-refractivity contribution in [1.82, 2.24) is 0 Å². The molecule has 1 rings (SSSR count). The second kappa shape index (κ2) is 5.67. The Morgan fingerprint density at radius 1 is 1.35 bits per heavy atom. The standard InChI is InChI=1S/C12H19O4P/c1-4-5-12(17(13,14)15)16-11-7-6-9(2)8-10(11)3/h6-8,12H,4-5H2,1-3H3,(H2,13,14,15). The van der Waals surface area contributed by atoms with E-state index in [-0.39, 0.29) is 0 Å². The topological polar surface area (TPSA) is 66.8 Å². The lowest BCUT2D eigenvalue weighted by Gasteiger charge is -2.20. The Balaban J connectivity index is 2.90. The van der Waals surface area contributed by atoms with Gasteiger partial charge in [-0.2, -0.15) is 0 Å². The van der Waals surface area contributed by atoms with Crippen LogP contribution in [0.5, 0.6) is 5.75 Å². The first kappa shape index (κ1) is 14.2. The first-order valence-electron chi connectivity index (χ1n) is 5.63. The van der Waals surface area contributed by atoms with E-state index in [0.717, 1.165) is 11.1 Å². The van der Waals surface area contributed by atoms with Crippen LogP contribution in [0.2, 0.25) is 0 Å². The Kier molecular flexibility index (Phi) is 4.75. The van der Waals surface area contributed by atoms with Crippen LogP contribution in [0.3, 0.4) is 0 Å². The van der Waals surface area contributed by atoms with Crippen molar-refractivity contribution in [3.63, 3.8) is 0 Å². The first-order valence-corrected chi connectivity index (χ1v) is 7.32. The monoisotopic (exact) mass is 258 g/mol. The van der Waals surface area contributed by atoms with E-state index in [1.54, 1.807) is 6.07 Å². The number of aryl methyl sites for hydroxylation is 2. The highest BCUT2D eigenvalue weighted by atomic mass is 31.2. The van der Waals surface area contributed by atoms with Crippen LogP contribution in [0.15, 0.2) is 18.2 Å². The van der Waals surface area contributed by atoms with Crippen molar-refractivity contribution in [2.24, 2.45) is 0 Å².